The third kappa shape index (κ3) is 3.70. The summed E-state index contributed by atoms with van der Waals surface area (Å²) < 4.78 is 5.38. The zero-order chi connectivity index (χ0) is 12.2. The minimum absolute atomic E-state index is 0.599. The number of aliphatic carboxylic acids is 1. The van der Waals surface area contributed by atoms with Crippen molar-refractivity contribution in [1.29, 1.82) is 0 Å². The number of carboxylic acid groups (broad SMARTS) is 1. The molecule has 0 amide bonds. The Morgan fingerprint density at radius 3 is 2.69 bits per heavy atom. The maximum Gasteiger partial charge on any atom is 0.309 e. The normalized spacial score (nSPS) is 11.7. The highest BCUT2D eigenvalue weighted by atomic mass is 16.4. The molecule has 0 fully saturated rings. The van der Waals surface area contributed by atoms with Gasteiger partial charge in [0, 0.05) is 0 Å². The maximum atomic E-state index is 10.8. The summed E-state index contributed by atoms with van der Waals surface area (Å²) in [4.78, 5) is 10.8. The lowest BCUT2D eigenvalue weighted by Crippen LogP contribution is -2.28. The summed E-state index contributed by atoms with van der Waals surface area (Å²) in [7, 11) is 0. The number of carboxylic acids is 1. The van der Waals surface area contributed by atoms with Crippen LogP contribution in [0.5, 0.6) is 0 Å². The Morgan fingerprint density at radius 1 is 1.50 bits per heavy atom. The Hall–Kier alpha value is -1.29. The Balaban J connectivity index is 2.24. The van der Waals surface area contributed by atoms with Gasteiger partial charge in [-0.15, -0.1) is 0 Å². The Bertz CT molecular complexity index is 355. The van der Waals surface area contributed by atoms with E-state index in [1.807, 2.05) is 19.1 Å². The Kier molecular flexibility index (Phi) is 4.12. The monoisotopic (exact) mass is 225 g/mol. The van der Waals surface area contributed by atoms with Crippen molar-refractivity contribution in [2.24, 2.45) is 5.41 Å². The first-order chi connectivity index (χ1) is 7.42. The van der Waals surface area contributed by atoms with Crippen LogP contribution in [0.3, 0.4) is 0 Å². The van der Waals surface area contributed by atoms with Crippen LogP contribution in [0.2, 0.25) is 0 Å². The number of furan rings is 1. The molecule has 0 atom stereocenters. The summed E-state index contributed by atoms with van der Waals surface area (Å²) >= 11 is 0. The van der Waals surface area contributed by atoms with Gasteiger partial charge in [0.1, 0.15) is 11.5 Å². The van der Waals surface area contributed by atoms with Crippen molar-refractivity contribution >= 4 is 5.97 Å². The standard InChI is InChI=1S/C12H19NO3/c1-9-4-5-10(16-9)8-13-7-6-12(2,3)11(14)15/h4-5,13H,6-8H2,1-3H3,(H,14,15). The van der Waals surface area contributed by atoms with Crippen molar-refractivity contribution in [3.05, 3.63) is 23.7 Å². The lowest BCUT2D eigenvalue weighted by Gasteiger charge is -2.18. The van der Waals surface area contributed by atoms with E-state index in [0.29, 0.717) is 19.5 Å². The molecule has 16 heavy (non-hydrogen) atoms. The smallest absolute Gasteiger partial charge is 0.309 e. The SMILES string of the molecule is Cc1ccc(CNCCC(C)(C)C(=O)O)o1. The highest BCUT2D eigenvalue weighted by molar-refractivity contribution is 5.73. The third-order valence-corrected chi connectivity index (χ3v) is 2.60. The lowest BCUT2D eigenvalue weighted by molar-refractivity contribution is -0.147. The second kappa shape index (κ2) is 5.16. The molecular formula is C12H19NO3. The van der Waals surface area contributed by atoms with Crippen LogP contribution in [0.25, 0.3) is 0 Å². The minimum Gasteiger partial charge on any atom is -0.481 e. The summed E-state index contributed by atoms with van der Waals surface area (Å²) in [6.07, 6.45) is 0.599. The molecule has 0 unspecified atom stereocenters. The van der Waals surface area contributed by atoms with E-state index >= 15 is 0 Å². The first kappa shape index (κ1) is 12.8. The highest BCUT2D eigenvalue weighted by Gasteiger charge is 2.26. The van der Waals surface area contributed by atoms with Crippen molar-refractivity contribution in [2.75, 3.05) is 6.54 Å². The van der Waals surface area contributed by atoms with Gasteiger partial charge in [0.2, 0.25) is 0 Å². The summed E-state index contributed by atoms with van der Waals surface area (Å²) in [5.41, 5.74) is -0.675. The van der Waals surface area contributed by atoms with Crippen molar-refractivity contribution < 1.29 is 14.3 Å². The van der Waals surface area contributed by atoms with Crippen LogP contribution in [-0.4, -0.2) is 17.6 Å². The van der Waals surface area contributed by atoms with E-state index in [0.717, 1.165) is 11.5 Å². The van der Waals surface area contributed by atoms with E-state index < -0.39 is 11.4 Å². The second-order valence-corrected chi connectivity index (χ2v) is 4.63. The number of hydrogen-bond acceptors (Lipinski definition) is 3. The molecular weight excluding hydrogens is 206 g/mol. The number of aryl methyl sites for hydroxylation is 1. The van der Waals surface area contributed by atoms with Gasteiger partial charge >= 0.3 is 5.97 Å². The molecule has 1 heterocycles. The van der Waals surface area contributed by atoms with E-state index in [-0.39, 0.29) is 0 Å². The number of carbonyl (C=O) groups is 1. The minimum atomic E-state index is -0.761. The molecule has 0 aromatic carbocycles. The zero-order valence-electron chi connectivity index (χ0n) is 10.0. The van der Waals surface area contributed by atoms with Gasteiger partial charge in [-0.1, -0.05) is 0 Å². The van der Waals surface area contributed by atoms with E-state index in [1.165, 1.54) is 0 Å². The van der Waals surface area contributed by atoms with Gasteiger partial charge in [-0.3, -0.25) is 4.79 Å². The van der Waals surface area contributed by atoms with Crippen LogP contribution in [0.1, 0.15) is 31.8 Å². The quantitative estimate of drug-likeness (QED) is 0.728. The van der Waals surface area contributed by atoms with E-state index in [2.05, 4.69) is 5.32 Å². The molecule has 90 valence electrons. The molecule has 0 aliphatic rings. The molecule has 0 bridgehead atoms. The van der Waals surface area contributed by atoms with Crippen LogP contribution in [0.4, 0.5) is 0 Å². The van der Waals surface area contributed by atoms with Gasteiger partial charge in [0.25, 0.3) is 0 Å². The zero-order valence-corrected chi connectivity index (χ0v) is 10.0. The van der Waals surface area contributed by atoms with Gasteiger partial charge < -0.3 is 14.8 Å². The van der Waals surface area contributed by atoms with Gasteiger partial charge in [0.05, 0.1) is 12.0 Å². The Labute approximate surface area is 95.7 Å². The summed E-state index contributed by atoms with van der Waals surface area (Å²) in [5, 5.41) is 12.1. The molecule has 2 N–H and O–H groups in total. The molecule has 0 spiro atoms. The van der Waals surface area contributed by atoms with E-state index in [4.69, 9.17) is 9.52 Å². The third-order valence-electron chi connectivity index (χ3n) is 2.60. The lowest BCUT2D eigenvalue weighted by atomic mass is 9.90. The van der Waals surface area contributed by atoms with Gasteiger partial charge in [-0.25, -0.2) is 0 Å². The van der Waals surface area contributed by atoms with Crippen LogP contribution in [0.15, 0.2) is 16.5 Å². The van der Waals surface area contributed by atoms with Crippen molar-refractivity contribution in [1.82, 2.24) is 5.32 Å². The van der Waals surface area contributed by atoms with E-state index in [1.54, 1.807) is 13.8 Å². The molecule has 0 radical (unpaired) electrons. The molecule has 1 aromatic rings. The Morgan fingerprint density at radius 2 is 2.19 bits per heavy atom. The fourth-order valence-corrected chi connectivity index (χ4v) is 1.30. The summed E-state index contributed by atoms with van der Waals surface area (Å²) in [6, 6.07) is 3.84. The first-order valence-electron chi connectivity index (χ1n) is 5.41. The predicted molar refractivity (Wildman–Crippen MR) is 61.2 cm³/mol. The van der Waals surface area contributed by atoms with E-state index in [9.17, 15) is 4.79 Å². The largest absolute Gasteiger partial charge is 0.481 e. The average Bonchev–Trinajstić information content (AvgIpc) is 2.59. The van der Waals surface area contributed by atoms with Crippen LogP contribution in [0, 0.1) is 12.3 Å². The number of rotatable bonds is 6. The van der Waals surface area contributed by atoms with Crippen molar-refractivity contribution in [3.8, 4) is 0 Å². The fraction of sp³-hybridized carbons (Fsp3) is 0.583. The summed E-state index contributed by atoms with van der Waals surface area (Å²) in [5.74, 6) is 1.01. The number of hydrogen-bond donors (Lipinski definition) is 2. The van der Waals surface area contributed by atoms with Crippen LogP contribution >= 0.6 is 0 Å². The van der Waals surface area contributed by atoms with Crippen LogP contribution in [-0.2, 0) is 11.3 Å². The molecule has 0 aliphatic carbocycles. The molecule has 4 nitrogen and oxygen atoms in total. The maximum absolute atomic E-state index is 10.8. The van der Waals surface area contributed by atoms with Crippen molar-refractivity contribution in [3.63, 3.8) is 0 Å². The fourth-order valence-electron chi connectivity index (χ4n) is 1.30. The first-order valence-corrected chi connectivity index (χ1v) is 5.41. The average molecular weight is 225 g/mol. The topological polar surface area (TPSA) is 62.5 Å². The molecule has 1 aromatic heterocycles. The predicted octanol–water partition coefficient (Wildman–Crippen LogP) is 2.18. The van der Waals surface area contributed by atoms with Crippen molar-refractivity contribution in [2.45, 2.75) is 33.7 Å². The molecule has 1 rings (SSSR count). The number of nitrogens with one attached hydrogen (secondary N) is 1. The molecule has 0 saturated heterocycles. The molecule has 0 aliphatic heterocycles. The highest BCUT2D eigenvalue weighted by Crippen LogP contribution is 2.19. The second-order valence-electron chi connectivity index (χ2n) is 4.63. The molecule has 4 heteroatoms. The van der Waals surface area contributed by atoms with Crippen LogP contribution < -0.4 is 5.32 Å². The van der Waals surface area contributed by atoms with Gasteiger partial charge in [-0.05, 0) is 45.9 Å². The molecule has 0 saturated carbocycles. The van der Waals surface area contributed by atoms with Gasteiger partial charge in [0.15, 0.2) is 0 Å². The van der Waals surface area contributed by atoms with Gasteiger partial charge in [-0.2, -0.15) is 0 Å². The summed E-state index contributed by atoms with van der Waals surface area (Å²) in [6.45, 7) is 6.67.